The number of ether oxygens (including phenoxy) is 1. The van der Waals surface area contributed by atoms with Gasteiger partial charge in [-0.15, -0.1) is 0 Å². The molecule has 0 aliphatic carbocycles. The fourth-order valence-electron chi connectivity index (χ4n) is 1.57. The van der Waals surface area contributed by atoms with Crippen LogP contribution in [0.5, 0.6) is 5.75 Å². The van der Waals surface area contributed by atoms with Gasteiger partial charge in [-0.05, 0) is 26.0 Å². The van der Waals surface area contributed by atoms with Gasteiger partial charge in [0.25, 0.3) is 0 Å². The fourth-order valence-corrected chi connectivity index (χ4v) is 1.57. The topological polar surface area (TPSA) is 108 Å². The lowest BCUT2D eigenvalue weighted by molar-refractivity contribution is -0.125. The summed E-state index contributed by atoms with van der Waals surface area (Å²) in [6.45, 7) is 4.16. The first-order chi connectivity index (χ1) is 9.86. The molecule has 4 N–H and O–H groups in total. The minimum Gasteiger partial charge on any atom is -0.489 e. The zero-order valence-electron chi connectivity index (χ0n) is 12.3. The SMILES string of the molecule is CC(C)(CNCC(O)COc1ccccc1C#N)C(N)=O. The molecule has 0 fully saturated rings. The van der Waals surface area contributed by atoms with Gasteiger partial charge in [0.2, 0.25) is 5.91 Å². The Bertz CT molecular complexity index is 523. The molecule has 1 unspecified atom stereocenters. The molecule has 1 rings (SSSR count). The van der Waals surface area contributed by atoms with E-state index in [0.29, 0.717) is 17.9 Å². The molecule has 1 aromatic rings. The molecular weight excluding hydrogens is 270 g/mol. The molecule has 6 nitrogen and oxygen atoms in total. The smallest absolute Gasteiger partial charge is 0.224 e. The highest BCUT2D eigenvalue weighted by atomic mass is 16.5. The quantitative estimate of drug-likeness (QED) is 0.642. The van der Waals surface area contributed by atoms with Crippen LogP contribution >= 0.6 is 0 Å². The average molecular weight is 291 g/mol. The standard InChI is InChI=1S/C15H21N3O3/c1-15(2,14(17)20)10-18-8-12(19)9-21-13-6-4-3-5-11(13)7-16/h3-6,12,18-19H,8-10H2,1-2H3,(H2,17,20). The van der Waals surface area contributed by atoms with E-state index < -0.39 is 17.4 Å². The van der Waals surface area contributed by atoms with Crippen molar-refractivity contribution in [1.82, 2.24) is 5.32 Å². The molecule has 1 atom stereocenters. The van der Waals surface area contributed by atoms with Crippen LogP contribution in [0.15, 0.2) is 24.3 Å². The number of amides is 1. The summed E-state index contributed by atoms with van der Waals surface area (Å²) in [6, 6.07) is 8.85. The number of carbonyl (C=O) groups is 1. The van der Waals surface area contributed by atoms with E-state index in [-0.39, 0.29) is 13.2 Å². The van der Waals surface area contributed by atoms with Crippen molar-refractivity contribution < 1.29 is 14.6 Å². The normalized spacial score (nSPS) is 12.5. The van der Waals surface area contributed by atoms with E-state index in [2.05, 4.69) is 5.32 Å². The number of para-hydroxylation sites is 1. The highest BCUT2D eigenvalue weighted by Crippen LogP contribution is 2.16. The van der Waals surface area contributed by atoms with Gasteiger partial charge in [-0.1, -0.05) is 12.1 Å². The Morgan fingerprint density at radius 1 is 1.52 bits per heavy atom. The first-order valence-electron chi connectivity index (χ1n) is 6.67. The second-order valence-corrected chi connectivity index (χ2v) is 5.45. The Kier molecular flexibility index (Phi) is 6.15. The molecule has 6 heteroatoms. The largest absolute Gasteiger partial charge is 0.489 e. The molecule has 0 aliphatic rings. The minimum absolute atomic E-state index is 0.0582. The van der Waals surface area contributed by atoms with E-state index >= 15 is 0 Å². The monoisotopic (exact) mass is 291 g/mol. The number of primary amides is 1. The van der Waals surface area contributed by atoms with E-state index in [1.54, 1.807) is 38.1 Å². The van der Waals surface area contributed by atoms with Crippen LogP contribution < -0.4 is 15.8 Å². The number of carbonyl (C=O) groups excluding carboxylic acids is 1. The van der Waals surface area contributed by atoms with Gasteiger partial charge in [0, 0.05) is 13.1 Å². The Morgan fingerprint density at radius 3 is 2.81 bits per heavy atom. The molecule has 0 saturated heterocycles. The van der Waals surface area contributed by atoms with Crippen molar-refractivity contribution in [3.8, 4) is 11.8 Å². The molecule has 114 valence electrons. The van der Waals surface area contributed by atoms with Crippen LogP contribution in [0.3, 0.4) is 0 Å². The number of rotatable bonds is 8. The van der Waals surface area contributed by atoms with Crippen LogP contribution in [0.2, 0.25) is 0 Å². The molecule has 0 aromatic heterocycles. The molecule has 0 aliphatic heterocycles. The third-order valence-electron chi connectivity index (χ3n) is 3.05. The van der Waals surface area contributed by atoms with Gasteiger partial charge >= 0.3 is 0 Å². The summed E-state index contributed by atoms with van der Waals surface area (Å²) in [4.78, 5) is 11.1. The predicted octanol–water partition coefficient (Wildman–Crippen LogP) is 0.399. The summed E-state index contributed by atoms with van der Waals surface area (Å²) in [6.07, 6.45) is -0.750. The Balaban J connectivity index is 2.37. The number of benzene rings is 1. The predicted molar refractivity (Wildman–Crippen MR) is 78.5 cm³/mol. The summed E-state index contributed by atoms with van der Waals surface area (Å²) in [7, 11) is 0. The first-order valence-corrected chi connectivity index (χ1v) is 6.67. The Labute approximate surface area is 124 Å². The molecule has 1 aromatic carbocycles. The van der Waals surface area contributed by atoms with E-state index in [1.165, 1.54) is 0 Å². The maximum atomic E-state index is 11.1. The molecule has 0 bridgehead atoms. The van der Waals surface area contributed by atoms with Gasteiger partial charge < -0.3 is 20.9 Å². The highest BCUT2D eigenvalue weighted by molar-refractivity contribution is 5.80. The summed E-state index contributed by atoms with van der Waals surface area (Å²) in [5.41, 5.74) is 5.01. The number of nitrogens with two attached hydrogens (primary N) is 1. The summed E-state index contributed by atoms with van der Waals surface area (Å²) in [5, 5.41) is 21.7. The number of nitrogens with one attached hydrogen (secondary N) is 1. The molecule has 0 spiro atoms. The molecule has 1 amide bonds. The van der Waals surface area contributed by atoms with Gasteiger partial charge in [-0.3, -0.25) is 4.79 Å². The summed E-state index contributed by atoms with van der Waals surface area (Å²) in [5.74, 6) is 0.0419. The van der Waals surface area contributed by atoms with Crippen LogP contribution in [-0.2, 0) is 4.79 Å². The van der Waals surface area contributed by atoms with Gasteiger partial charge in [-0.2, -0.15) is 5.26 Å². The van der Waals surface area contributed by atoms with E-state index in [1.807, 2.05) is 6.07 Å². The number of hydrogen-bond donors (Lipinski definition) is 3. The van der Waals surface area contributed by atoms with Crippen LogP contribution in [-0.4, -0.2) is 36.8 Å². The van der Waals surface area contributed by atoms with Crippen LogP contribution in [0.25, 0.3) is 0 Å². The van der Waals surface area contributed by atoms with Gasteiger partial charge in [0.05, 0.1) is 11.0 Å². The van der Waals surface area contributed by atoms with Gasteiger partial charge in [-0.25, -0.2) is 0 Å². The maximum absolute atomic E-state index is 11.1. The van der Waals surface area contributed by atoms with Crippen molar-refractivity contribution >= 4 is 5.91 Å². The van der Waals surface area contributed by atoms with Crippen LogP contribution in [0, 0.1) is 16.7 Å². The lowest BCUT2D eigenvalue weighted by Crippen LogP contribution is -2.43. The Hall–Kier alpha value is -2.10. The minimum atomic E-state index is -0.750. The van der Waals surface area contributed by atoms with Crippen LogP contribution in [0.4, 0.5) is 0 Å². The van der Waals surface area contributed by atoms with E-state index in [9.17, 15) is 9.90 Å². The van der Waals surface area contributed by atoms with Gasteiger partial charge in [0.15, 0.2) is 0 Å². The zero-order valence-corrected chi connectivity index (χ0v) is 12.3. The van der Waals surface area contributed by atoms with Gasteiger partial charge in [0.1, 0.15) is 24.5 Å². The zero-order chi connectivity index (χ0) is 15.9. The molecular formula is C15H21N3O3. The molecule has 0 heterocycles. The van der Waals surface area contributed by atoms with Crippen molar-refractivity contribution in [3.05, 3.63) is 29.8 Å². The number of hydrogen-bond acceptors (Lipinski definition) is 5. The lowest BCUT2D eigenvalue weighted by Gasteiger charge is -2.22. The van der Waals surface area contributed by atoms with E-state index in [4.69, 9.17) is 15.7 Å². The Morgan fingerprint density at radius 2 is 2.19 bits per heavy atom. The lowest BCUT2D eigenvalue weighted by atomic mass is 9.93. The first kappa shape index (κ1) is 17.0. The number of nitriles is 1. The van der Waals surface area contributed by atoms with Crippen molar-refractivity contribution in [1.29, 1.82) is 5.26 Å². The van der Waals surface area contributed by atoms with Crippen molar-refractivity contribution in [2.24, 2.45) is 11.1 Å². The number of aliphatic hydroxyl groups is 1. The molecule has 0 saturated carbocycles. The summed E-state index contributed by atoms with van der Waals surface area (Å²) < 4.78 is 5.42. The highest BCUT2D eigenvalue weighted by Gasteiger charge is 2.24. The number of nitrogens with zero attached hydrogens (tertiary/aromatic N) is 1. The maximum Gasteiger partial charge on any atom is 0.224 e. The summed E-state index contributed by atoms with van der Waals surface area (Å²) >= 11 is 0. The van der Waals surface area contributed by atoms with Crippen LogP contribution in [0.1, 0.15) is 19.4 Å². The van der Waals surface area contributed by atoms with Crippen molar-refractivity contribution in [2.45, 2.75) is 20.0 Å². The average Bonchev–Trinajstić information content (AvgIpc) is 2.45. The van der Waals surface area contributed by atoms with Crippen molar-refractivity contribution in [2.75, 3.05) is 19.7 Å². The second-order valence-electron chi connectivity index (χ2n) is 5.45. The second kappa shape index (κ2) is 7.62. The third-order valence-corrected chi connectivity index (χ3v) is 3.05. The number of aliphatic hydroxyl groups excluding tert-OH is 1. The van der Waals surface area contributed by atoms with E-state index in [0.717, 1.165) is 0 Å². The fraction of sp³-hybridized carbons (Fsp3) is 0.467. The molecule has 0 radical (unpaired) electrons. The van der Waals surface area contributed by atoms with Crippen molar-refractivity contribution in [3.63, 3.8) is 0 Å². The molecule has 21 heavy (non-hydrogen) atoms. The third kappa shape index (κ3) is 5.42.